The molecule has 0 aromatic carbocycles. The van der Waals surface area contributed by atoms with Crippen molar-refractivity contribution >= 4 is 34.4 Å². The zero-order chi connectivity index (χ0) is 13.2. The minimum absolute atomic E-state index is 0.355. The molecular weight excluding hydrogens is 285 g/mol. The topological polar surface area (TPSA) is 39.9 Å². The second-order valence-electron chi connectivity index (χ2n) is 4.73. The van der Waals surface area contributed by atoms with Gasteiger partial charge in [0, 0.05) is 19.3 Å². The molecule has 102 valence electrons. The Kier molecular flexibility index (Phi) is 3.91. The first-order chi connectivity index (χ1) is 9.28. The first-order valence-electron chi connectivity index (χ1n) is 6.46. The largest absolute Gasteiger partial charge is 0.378 e. The lowest BCUT2D eigenvalue weighted by Gasteiger charge is -2.11. The summed E-state index contributed by atoms with van der Waals surface area (Å²) in [5, 5.41) is 0.595. The summed E-state index contributed by atoms with van der Waals surface area (Å²) in [4.78, 5) is 8.84. The van der Waals surface area contributed by atoms with Crippen LogP contribution in [0.4, 0.5) is 0 Å². The van der Waals surface area contributed by atoms with E-state index in [1.807, 2.05) is 6.07 Å². The van der Waals surface area contributed by atoms with Gasteiger partial charge in [-0.15, -0.1) is 11.6 Å². The molecule has 0 saturated carbocycles. The Hall–Kier alpha value is -0.840. The molecule has 0 spiro atoms. The van der Waals surface area contributed by atoms with E-state index in [-0.39, 0.29) is 0 Å². The molecule has 2 aromatic heterocycles. The maximum Gasteiger partial charge on any atom is 0.160 e. The number of hydrogen-bond acceptors (Lipinski definition) is 3. The van der Waals surface area contributed by atoms with Crippen LogP contribution in [0.3, 0.4) is 0 Å². The zero-order valence-corrected chi connectivity index (χ0v) is 12.0. The van der Waals surface area contributed by atoms with Gasteiger partial charge in [-0.3, -0.25) is 0 Å². The Balaban J connectivity index is 1.87. The highest BCUT2D eigenvalue weighted by Crippen LogP contribution is 2.22. The fourth-order valence-electron chi connectivity index (χ4n) is 2.52. The second-order valence-corrected chi connectivity index (χ2v) is 5.44. The van der Waals surface area contributed by atoms with Gasteiger partial charge < -0.3 is 9.30 Å². The smallest absolute Gasteiger partial charge is 0.160 e. The summed E-state index contributed by atoms with van der Waals surface area (Å²) in [5.74, 6) is 1.21. The van der Waals surface area contributed by atoms with Gasteiger partial charge in [-0.1, -0.05) is 11.6 Å². The minimum atomic E-state index is 0.355. The Bertz CT molecular complexity index is 579. The summed E-state index contributed by atoms with van der Waals surface area (Å²) >= 11 is 11.9. The predicted molar refractivity (Wildman–Crippen MR) is 75.7 cm³/mol. The number of imidazole rings is 1. The molecule has 3 heterocycles. The van der Waals surface area contributed by atoms with Crippen molar-refractivity contribution in [2.75, 3.05) is 6.61 Å². The molecule has 3 rings (SSSR count). The van der Waals surface area contributed by atoms with Crippen LogP contribution in [0, 0.1) is 0 Å². The predicted octanol–water partition coefficient (Wildman–Crippen LogP) is 3.39. The number of alkyl halides is 1. The highest BCUT2D eigenvalue weighted by Gasteiger charge is 2.17. The number of hydrogen-bond donors (Lipinski definition) is 0. The van der Waals surface area contributed by atoms with Crippen LogP contribution < -0.4 is 0 Å². The van der Waals surface area contributed by atoms with Gasteiger partial charge >= 0.3 is 0 Å². The summed E-state index contributed by atoms with van der Waals surface area (Å²) in [6, 6.07) is 1.82. The van der Waals surface area contributed by atoms with Gasteiger partial charge in [0.25, 0.3) is 0 Å². The molecule has 1 aliphatic rings. The number of pyridine rings is 1. The van der Waals surface area contributed by atoms with Crippen LogP contribution in [0.1, 0.15) is 25.1 Å². The molecule has 0 amide bonds. The number of ether oxygens (including phenoxy) is 1. The fourth-order valence-corrected chi connectivity index (χ4v) is 2.87. The van der Waals surface area contributed by atoms with E-state index in [0.29, 0.717) is 17.0 Å². The Morgan fingerprint density at radius 3 is 3.11 bits per heavy atom. The summed E-state index contributed by atoms with van der Waals surface area (Å²) < 4.78 is 7.72. The van der Waals surface area contributed by atoms with Crippen molar-refractivity contribution in [2.24, 2.45) is 0 Å². The summed E-state index contributed by atoms with van der Waals surface area (Å²) in [6.07, 6.45) is 5.27. The first kappa shape index (κ1) is 13.2. The third-order valence-corrected chi connectivity index (χ3v) is 3.89. The molecule has 4 nitrogen and oxygen atoms in total. The monoisotopic (exact) mass is 299 g/mol. The average molecular weight is 300 g/mol. The first-order valence-corrected chi connectivity index (χ1v) is 7.37. The maximum atomic E-state index is 5.96. The van der Waals surface area contributed by atoms with Crippen molar-refractivity contribution in [1.82, 2.24) is 14.5 Å². The van der Waals surface area contributed by atoms with Crippen LogP contribution in [0.5, 0.6) is 0 Å². The Morgan fingerprint density at radius 2 is 2.37 bits per heavy atom. The van der Waals surface area contributed by atoms with Gasteiger partial charge in [0.05, 0.1) is 17.0 Å². The standard InChI is InChI=1S/C13H15Cl2N3O/c14-7-12-17-11-6-9(15)8-16-13(11)18(12)4-3-10-2-1-5-19-10/h6,8,10H,1-5,7H2. The van der Waals surface area contributed by atoms with Crippen LogP contribution in [0.15, 0.2) is 12.3 Å². The second kappa shape index (κ2) is 5.65. The molecule has 6 heteroatoms. The highest BCUT2D eigenvalue weighted by molar-refractivity contribution is 6.31. The fraction of sp³-hybridized carbons (Fsp3) is 0.538. The van der Waals surface area contributed by atoms with E-state index in [0.717, 1.165) is 49.4 Å². The van der Waals surface area contributed by atoms with Crippen molar-refractivity contribution in [3.8, 4) is 0 Å². The van der Waals surface area contributed by atoms with Crippen molar-refractivity contribution < 1.29 is 4.74 Å². The minimum Gasteiger partial charge on any atom is -0.378 e. The van der Waals surface area contributed by atoms with Crippen molar-refractivity contribution in [3.05, 3.63) is 23.1 Å². The molecule has 1 unspecified atom stereocenters. The molecule has 0 bridgehead atoms. The number of aryl methyl sites for hydroxylation is 1. The van der Waals surface area contributed by atoms with Gasteiger partial charge in [0.2, 0.25) is 0 Å². The van der Waals surface area contributed by atoms with Crippen LogP contribution in [-0.4, -0.2) is 27.2 Å². The third kappa shape index (κ3) is 2.71. The van der Waals surface area contributed by atoms with Crippen molar-refractivity contribution in [3.63, 3.8) is 0 Å². The lowest BCUT2D eigenvalue weighted by molar-refractivity contribution is 0.100. The summed E-state index contributed by atoms with van der Waals surface area (Å²) in [5.41, 5.74) is 1.65. The van der Waals surface area contributed by atoms with Crippen LogP contribution >= 0.6 is 23.2 Å². The lowest BCUT2D eigenvalue weighted by Crippen LogP contribution is -2.12. The molecule has 1 fully saturated rings. The van der Waals surface area contributed by atoms with Crippen LogP contribution in [0.2, 0.25) is 5.02 Å². The van der Waals surface area contributed by atoms with Crippen molar-refractivity contribution in [2.45, 2.75) is 37.8 Å². The zero-order valence-electron chi connectivity index (χ0n) is 10.5. The summed E-state index contributed by atoms with van der Waals surface area (Å²) in [6.45, 7) is 1.71. The van der Waals surface area contributed by atoms with E-state index in [1.165, 1.54) is 0 Å². The van der Waals surface area contributed by atoms with E-state index in [4.69, 9.17) is 27.9 Å². The molecule has 1 saturated heterocycles. The van der Waals surface area contributed by atoms with E-state index >= 15 is 0 Å². The maximum absolute atomic E-state index is 5.96. The van der Waals surface area contributed by atoms with E-state index in [1.54, 1.807) is 6.20 Å². The van der Waals surface area contributed by atoms with Gasteiger partial charge in [0.1, 0.15) is 11.3 Å². The average Bonchev–Trinajstić information content (AvgIpc) is 3.02. The van der Waals surface area contributed by atoms with Gasteiger partial charge in [-0.05, 0) is 25.3 Å². The lowest BCUT2D eigenvalue weighted by atomic mass is 10.2. The molecule has 0 N–H and O–H groups in total. The van der Waals surface area contributed by atoms with Crippen LogP contribution in [0.25, 0.3) is 11.2 Å². The van der Waals surface area contributed by atoms with Gasteiger partial charge in [0.15, 0.2) is 5.65 Å². The van der Waals surface area contributed by atoms with Gasteiger partial charge in [-0.25, -0.2) is 9.97 Å². The molecule has 0 aliphatic carbocycles. The SMILES string of the molecule is ClCc1nc2cc(Cl)cnc2n1CCC1CCCO1. The van der Waals surface area contributed by atoms with E-state index in [9.17, 15) is 0 Å². The normalized spacial score (nSPS) is 19.4. The van der Waals surface area contributed by atoms with E-state index < -0.39 is 0 Å². The molecular formula is C13H15Cl2N3O. The molecule has 2 aromatic rings. The van der Waals surface area contributed by atoms with Crippen LogP contribution in [-0.2, 0) is 17.2 Å². The molecule has 19 heavy (non-hydrogen) atoms. The van der Waals surface area contributed by atoms with E-state index in [2.05, 4.69) is 14.5 Å². The van der Waals surface area contributed by atoms with Gasteiger partial charge in [-0.2, -0.15) is 0 Å². The number of rotatable bonds is 4. The highest BCUT2D eigenvalue weighted by atomic mass is 35.5. The number of halogens is 2. The number of fused-ring (bicyclic) bond motifs is 1. The number of aromatic nitrogens is 3. The third-order valence-electron chi connectivity index (χ3n) is 3.45. The Labute approximate surface area is 121 Å². The molecule has 0 radical (unpaired) electrons. The quantitative estimate of drug-likeness (QED) is 0.813. The Morgan fingerprint density at radius 1 is 1.47 bits per heavy atom. The molecule has 1 atom stereocenters. The number of nitrogens with zero attached hydrogens (tertiary/aromatic N) is 3. The summed E-state index contributed by atoms with van der Waals surface area (Å²) in [7, 11) is 0. The van der Waals surface area contributed by atoms with Crippen molar-refractivity contribution in [1.29, 1.82) is 0 Å². The molecule has 1 aliphatic heterocycles.